The highest BCUT2D eigenvalue weighted by Crippen LogP contribution is 2.36. The Morgan fingerprint density at radius 2 is 2.05 bits per heavy atom. The lowest BCUT2D eigenvalue weighted by Gasteiger charge is -2.21. The van der Waals surface area contributed by atoms with Gasteiger partial charge >= 0.3 is 0 Å². The number of carbonyl (C=O) groups excluding carboxylic acids is 1. The molecule has 2 aromatic carbocycles. The monoisotopic (exact) mass is 364 g/mol. The highest BCUT2D eigenvalue weighted by atomic mass is 79.9. The lowest BCUT2D eigenvalue weighted by Crippen LogP contribution is -2.18. The van der Waals surface area contributed by atoms with Crippen LogP contribution in [-0.4, -0.2) is 13.0 Å². The van der Waals surface area contributed by atoms with Gasteiger partial charge in [-0.25, -0.2) is 0 Å². The molecule has 0 aromatic heterocycles. The molecule has 1 atom stereocenters. The fraction of sp³-hybridized carbons (Fsp3) is 0.188. The number of rotatable bonds is 3. The number of hydrogen-bond acceptors (Lipinski definition) is 2. The average Bonchev–Trinajstić information content (AvgIpc) is 2.81. The van der Waals surface area contributed by atoms with Crippen molar-refractivity contribution in [2.45, 2.75) is 12.5 Å². The Kier molecular flexibility index (Phi) is 4.02. The first kappa shape index (κ1) is 14.6. The van der Waals surface area contributed by atoms with Crippen LogP contribution in [0.3, 0.4) is 0 Å². The van der Waals surface area contributed by atoms with Crippen molar-refractivity contribution in [1.29, 1.82) is 0 Å². The lowest BCUT2D eigenvalue weighted by molar-refractivity contribution is -0.115. The van der Waals surface area contributed by atoms with Crippen LogP contribution >= 0.6 is 27.5 Å². The average molecular weight is 366 g/mol. The SMILES string of the molecule is CNC(c1cc2c(cc1Cl)NC(=O)C2)c1ccccc1Br. The molecular formula is C16H14BrClN2O. The number of anilines is 1. The van der Waals surface area contributed by atoms with E-state index in [1.807, 2.05) is 37.4 Å². The normalized spacial score (nSPS) is 14.7. The van der Waals surface area contributed by atoms with E-state index in [-0.39, 0.29) is 11.9 Å². The van der Waals surface area contributed by atoms with Gasteiger partial charge in [0.25, 0.3) is 0 Å². The number of hydrogen-bond donors (Lipinski definition) is 2. The van der Waals surface area contributed by atoms with Gasteiger partial charge in [0.1, 0.15) is 0 Å². The van der Waals surface area contributed by atoms with Crippen LogP contribution in [0.5, 0.6) is 0 Å². The Labute approximate surface area is 136 Å². The fourth-order valence-corrected chi connectivity index (χ4v) is 3.46. The van der Waals surface area contributed by atoms with Gasteiger partial charge in [0.05, 0.1) is 12.5 Å². The summed E-state index contributed by atoms with van der Waals surface area (Å²) in [5.41, 5.74) is 3.89. The number of fused-ring (bicyclic) bond motifs is 1. The van der Waals surface area contributed by atoms with Crippen molar-refractivity contribution in [3.05, 3.63) is 62.6 Å². The summed E-state index contributed by atoms with van der Waals surface area (Å²) in [7, 11) is 1.90. The smallest absolute Gasteiger partial charge is 0.228 e. The van der Waals surface area contributed by atoms with Crippen molar-refractivity contribution in [3.63, 3.8) is 0 Å². The van der Waals surface area contributed by atoms with E-state index in [4.69, 9.17) is 11.6 Å². The lowest BCUT2D eigenvalue weighted by atomic mass is 9.96. The molecular weight excluding hydrogens is 352 g/mol. The predicted molar refractivity (Wildman–Crippen MR) is 88.8 cm³/mol. The van der Waals surface area contributed by atoms with Gasteiger partial charge in [0.15, 0.2) is 0 Å². The van der Waals surface area contributed by atoms with Crippen LogP contribution in [0.1, 0.15) is 22.7 Å². The van der Waals surface area contributed by atoms with Gasteiger partial charge in [-0.05, 0) is 41.9 Å². The third kappa shape index (κ3) is 2.71. The second-order valence-electron chi connectivity index (χ2n) is 5.00. The molecule has 21 heavy (non-hydrogen) atoms. The highest BCUT2D eigenvalue weighted by molar-refractivity contribution is 9.10. The molecule has 2 aromatic rings. The van der Waals surface area contributed by atoms with Crippen molar-refractivity contribution in [2.75, 3.05) is 12.4 Å². The molecule has 0 radical (unpaired) electrons. The van der Waals surface area contributed by atoms with Crippen molar-refractivity contribution in [3.8, 4) is 0 Å². The van der Waals surface area contributed by atoms with Crippen LogP contribution in [0.25, 0.3) is 0 Å². The van der Waals surface area contributed by atoms with E-state index in [1.165, 1.54) is 0 Å². The summed E-state index contributed by atoms with van der Waals surface area (Å²) >= 11 is 10.0. The minimum Gasteiger partial charge on any atom is -0.325 e. The summed E-state index contributed by atoms with van der Waals surface area (Å²) in [6.45, 7) is 0. The number of nitrogens with one attached hydrogen (secondary N) is 2. The topological polar surface area (TPSA) is 41.1 Å². The summed E-state index contributed by atoms with van der Waals surface area (Å²) in [6, 6.07) is 11.8. The molecule has 108 valence electrons. The van der Waals surface area contributed by atoms with Gasteiger partial charge in [0, 0.05) is 15.2 Å². The minimum atomic E-state index is -0.0333. The molecule has 0 bridgehead atoms. The van der Waals surface area contributed by atoms with E-state index >= 15 is 0 Å². The summed E-state index contributed by atoms with van der Waals surface area (Å²) in [5, 5.41) is 6.76. The molecule has 0 saturated carbocycles. The maximum atomic E-state index is 11.5. The molecule has 0 fully saturated rings. The fourth-order valence-electron chi connectivity index (χ4n) is 2.68. The van der Waals surface area contributed by atoms with Crippen molar-refractivity contribution in [2.24, 2.45) is 0 Å². The van der Waals surface area contributed by atoms with Gasteiger partial charge in [-0.2, -0.15) is 0 Å². The van der Waals surface area contributed by atoms with Crippen LogP contribution in [0.15, 0.2) is 40.9 Å². The Balaban J connectivity index is 2.09. The standard InChI is InChI=1S/C16H14BrClN2O/c1-19-16(10-4-2-3-5-12(10)17)11-6-9-7-15(21)20-14(9)8-13(11)18/h2-6,8,16,19H,7H2,1H3,(H,20,21). The molecule has 3 rings (SSSR count). The maximum Gasteiger partial charge on any atom is 0.228 e. The largest absolute Gasteiger partial charge is 0.325 e. The molecule has 1 heterocycles. The first-order chi connectivity index (χ1) is 10.1. The van der Waals surface area contributed by atoms with E-state index in [9.17, 15) is 4.79 Å². The maximum absolute atomic E-state index is 11.5. The van der Waals surface area contributed by atoms with E-state index in [2.05, 4.69) is 32.6 Å². The summed E-state index contributed by atoms with van der Waals surface area (Å²) in [4.78, 5) is 11.5. The van der Waals surface area contributed by atoms with Crippen LogP contribution in [-0.2, 0) is 11.2 Å². The molecule has 1 unspecified atom stereocenters. The molecule has 0 saturated heterocycles. The minimum absolute atomic E-state index is 0.0140. The molecule has 1 amide bonds. The van der Waals surface area contributed by atoms with Crippen LogP contribution < -0.4 is 10.6 Å². The predicted octanol–water partition coefficient (Wildman–Crippen LogP) is 3.91. The van der Waals surface area contributed by atoms with Crippen molar-refractivity contribution in [1.82, 2.24) is 5.32 Å². The van der Waals surface area contributed by atoms with Gasteiger partial charge < -0.3 is 10.6 Å². The van der Waals surface area contributed by atoms with Gasteiger partial charge in [-0.3, -0.25) is 4.79 Å². The zero-order chi connectivity index (χ0) is 15.0. The quantitative estimate of drug-likeness (QED) is 0.866. The summed E-state index contributed by atoms with van der Waals surface area (Å²) < 4.78 is 1.02. The molecule has 0 aliphatic carbocycles. The highest BCUT2D eigenvalue weighted by Gasteiger charge is 2.23. The van der Waals surface area contributed by atoms with Crippen LogP contribution in [0, 0.1) is 0 Å². The Hall–Kier alpha value is -1.36. The number of carbonyl (C=O) groups is 1. The summed E-state index contributed by atoms with van der Waals surface area (Å²) in [5.74, 6) is 0.0140. The second kappa shape index (κ2) is 5.79. The van der Waals surface area contributed by atoms with Crippen molar-refractivity contribution >= 4 is 39.1 Å². The first-order valence-electron chi connectivity index (χ1n) is 6.64. The molecule has 0 spiro atoms. The van der Waals surface area contributed by atoms with Crippen LogP contribution in [0.2, 0.25) is 5.02 Å². The molecule has 5 heteroatoms. The van der Waals surface area contributed by atoms with Gasteiger partial charge in [0.2, 0.25) is 5.91 Å². The van der Waals surface area contributed by atoms with Gasteiger partial charge in [-0.1, -0.05) is 45.7 Å². The van der Waals surface area contributed by atoms with E-state index in [1.54, 1.807) is 0 Å². The zero-order valence-corrected chi connectivity index (χ0v) is 13.8. The Morgan fingerprint density at radius 3 is 2.76 bits per heavy atom. The Morgan fingerprint density at radius 1 is 1.29 bits per heavy atom. The molecule has 1 aliphatic rings. The zero-order valence-electron chi connectivity index (χ0n) is 11.4. The van der Waals surface area contributed by atoms with Crippen LogP contribution in [0.4, 0.5) is 5.69 Å². The molecule has 2 N–H and O–H groups in total. The summed E-state index contributed by atoms with van der Waals surface area (Å²) in [6.07, 6.45) is 0.409. The van der Waals surface area contributed by atoms with Gasteiger partial charge in [-0.15, -0.1) is 0 Å². The van der Waals surface area contributed by atoms with E-state index in [0.29, 0.717) is 11.4 Å². The molecule has 3 nitrogen and oxygen atoms in total. The third-order valence-electron chi connectivity index (χ3n) is 3.66. The first-order valence-corrected chi connectivity index (χ1v) is 7.81. The second-order valence-corrected chi connectivity index (χ2v) is 6.26. The number of amides is 1. The third-order valence-corrected chi connectivity index (χ3v) is 4.71. The molecule has 1 aliphatic heterocycles. The van der Waals surface area contributed by atoms with E-state index < -0.39 is 0 Å². The van der Waals surface area contributed by atoms with E-state index in [0.717, 1.165) is 26.9 Å². The number of benzene rings is 2. The Bertz CT molecular complexity index is 717. The number of halogens is 2. The van der Waals surface area contributed by atoms with Crippen molar-refractivity contribution < 1.29 is 4.79 Å².